The standard InChI is InChI=1S/C21H22N2O3/c22-11-12-25-13-14-26-16-21(24)23-15-19-7-2-1-5-17(19)9-10-18-6-3-4-8-20(18)23/h1-8H,11-16,22H2. The summed E-state index contributed by atoms with van der Waals surface area (Å²) >= 11 is 0. The van der Waals surface area contributed by atoms with Crippen molar-refractivity contribution in [3.8, 4) is 11.8 Å². The predicted octanol–water partition coefficient (Wildman–Crippen LogP) is 1.92. The molecule has 1 aliphatic rings. The zero-order valence-electron chi connectivity index (χ0n) is 14.6. The van der Waals surface area contributed by atoms with Gasteiger partial charge in [0.1, 0.15) is 6.61 Å². The molecule has 5 nitrogen and oxygen atoms in total. The third-order valence-corrected chi connectivity index (χ3v) is 4.03. The van der Waals surface area contributed by atoms with Crippen molar-refractivity contribution in [1.29, 1.82) is 0 Å². The van der Waals surface area contributed by atoms with Gasteiger partial charge in [-0.1, -0.05) is 42.2 Å². The van der Waals surface area contributed by atoms with Crippen molar-refractivity contribution in [3.05, 3.63) is 65.2 Å². The van der Waals surface area contributed by atoms with E-state index < -0.39 is 0 Å². The summed E-state index contributed by atoms with van der Waals surface area (Å²) in [7, 11) is 0. The van der Waals surface area contributed by atoms with Crippen LogP contribution in [0.3, 0.4) is 0 Å². The smallest absolute Gasteiger partial charge is 0.253 e. The second-order valence-electron chi connectivity index (χ2n) is 5.86. The fraction of sp³-hybridized carbons (Fsp3) is 0.286. The highest BCUT2D eigenvalue weighted by Gasteiger charge is 2.21. The Labute approximate surface area is 153 Å². The molecule has 0 aliphatic carbocycles. The number of rotatable bonds is 7. The maximum Gasteiger partial charge on any atom is 0.253 e. The van der Waals surface area contributed by atoms with Crippen LogP contribution < -0.4 is 10.6 Å². The van der Waals surface area contributed by atoms with Crippen molar-refractivity contribution >= 4 is 11.6 Å². The highest BCUT2D eigenvalue weighted by atomic mass is 16.5. The highest BCUT2D eigenvalue weighted by Crippen LogP contribution is 2.25. The third-order valence-electron chi connectivity index (χ3n) is 4.03. The van der Waals surface area contributed by atoms with Gasteiger partial charge in [-0.2, -0.15) is 0 Å². The Morgan fingerprint density at radius 1 is 0.962 bits per heavy atom. The molecule has 0 spiro atoms. The highest BCUT2D eigenvalue weighted by molar-refractivity contribution is 5.96. The summed E-state index contributed by atoms with van der Waals surface area (Å²) in [5.74, 6) is 6.28. The second-order valence-corrected chi connectivity index (χ2v) is 5.86. The molecule has 0 aromatic heterocycles. The van der Waals surface area contributed by atoms with Gasteiger partial charge in [0.25, 0.3) is 5.91 Å². The van der Waals surface area contributed by atoms with Crippen LogP contribution >= 0.6 is 0 Å². The van der Waals surface area contributed by atoms with Crippen LogP contribution in [0.2, 0.25) is 0 Å². The van der Waals surface area contributed by atoms with E-state index in [-0.39, 0.29) is 12.5 Å². The van der Waals surface area contributed by atoms with Gasteiger partial charge < -0.3 is 20.1 Å². The van der Waals surface area contributed by atoms with Gasteiger partial charge >= 0.3 is 0 Å². The number of carbonyl (C=O) groups is 1. The van der Waals surface area contributed by atoms with Gasteiger partial charge in [0, 0.05) is 17.7 Å². The van der Waals surface area contributed by atoms with Gasteiger partial charge in [-0.3, -0.25) is 4.79 Å². The fourth-order valence-corrected chi connectivity index (χ4v) is 2.75. The molecule has 3 rings (SSSR count). The topological polar surface area (TPSA) is 64.8 Å². The number of ether oxygens (including phenoxy) is 2. The minimum absolute atomic E-state index is 0.00405. The molecule has 0 fully saturated rings. The van der Waals surface area contributed by atoms with Gasteiger partial charge in [-0.15, -0.1) is 0 Å². The summed E-state index contributed by atoms with van der Waals surface area (Å²) in [5, 5.41) is 0. The van der Waals surface area contributed by atoms with Crippen LogP contribution in [0.4, 0.5) is 5.69 Å². The molecule has 1 aliphatic heterocycles. The first kappa shape index (κ1) is 18.2. The molecular formula is C21H22N2O3. The number of nitrogens with zero attached hydrogens (tertiary/aromatic N) is 1. The first-order valence-electron chi connectivity index (χ1n) is 8.64. The molecule has 0 atom stereocenters. The summed E-state index contributed by atoms with van der Waals surface area (Å²) < 4.78 is 10.7. The number of benzene rings is 2. The largest absolute Gasteiger partial charge is 0.378 e. The molecule has 2 N–H and O–H groups in total. The average Bonchev–Trinajstić information content (AvgIpc) is 2.66. The molecule has 2 aromatic rings. The van der Waals surface area contributed by atoms with Crippen LogP contribution in [0.15, 0.2) is 48.5 Å². The summed E-state index contributed by atoms with van der Waals surface area (Å²) in [6.07, 6.45) is 0. The molecule has 0 radical (unpaired) electrons. The summed E-state index contributed by atoms with van der Waals surface area (Å²) in [5.41, 5.74) is 8.97. The van der Waals surface area contributed by atoms with E-state index in [1.807, 2.05) is 48.5 Å². The zero-order valence-corrected chi connectivity index (χ0v) is 14.6. The molecule has 5 heteroatoms. The van der Waals surface area contributed by atoms with Crippen molar-refractivity contribution in [3.63, 3.8) is 0 Å². The van der Waals surface area contributed by atoms with E-state index >= 15 is 0 Å². The fourth-order valence-electron chi connectivity index (χ4n) is 2.75. The van der Waals surface area contributed by atoms with E-state index in [1.54, 1.807) is 4.90 Å². The minimum Gasteiger partial charge on any atom is -0.378 e. The molecule has 1 heterocycles. The Morgan fingerprint density at radius 3 is 2.50 bits per heavy atom. The number of hydrogen-bond acceptors (Lipinski definition) is 4. The molecule has 2 aromatic carbocycles. The molecule has 0 saturated heterocycles. The van der Waals surface area contributed by atoms with Crippen molar-refractivity contribution in [2.75, 3.05) is 37.9 Å². The molecule has 0 saturated carbocycles. The summed E-state index contributed by atoms with van der Waals surface area (Å²) in [4.78, 5) is 14.6. The number of amides is 1. The Balaban J connectivity index is 1.76. The SMILES string of the molecule is NCCOCCOCC(=O)N1Cc2ccccc2C#Cc2ccccc21. The van der Waals surface area contributed by atoms with E-state index in [1.165, 1.54) is 0 Å². The van der Waals surface area contributed by atoms with Gasteiger partial charge in [0.05, 0.1) is 32.1 Å². The van der Waals surface area contributed by atoms with Crippen molar-refractivity contribution in [2.24, 2.45) is 5.73 Å². The lowest BCUT2D eigenvalue weighted by atomic mass is 10.0. The van der Waals surface area contributed by atoms with Gasteiger partial charge in [0.2, 0.25) is 0 Å². The maximum atomic E-state index is 12.8. The lowest BCUT2D eigenvalue weighted by molar-refractivity contribution is -0.123. The Kier molecular flexibility index (Phi) is 6.39. The number of nitrogens with two attached hydrogens (primary N) is 1. The maximum absolute atomic E-state index is 12.8. The van der Waals surface area contributed by atoms with E-state index in [9.17, 15) is 4.79 Å². The third kappa shape index (κ3) is 4.50. The van der Waals surface area contributed by atoms with Crippen LogP contribution in [0.5, 0.6) is 0 Å². The monoisotopic (exact) mass is 350 g/mol. The lowest BCUT2D eigenvalue weighted by Crippen LogP contribution is -2.35. The molecule has 0 bridgehead atoms. The van der Waals surface area contributed by atoms with Crippen LogP contribution in [0.1, 0.15) is 16.7 Å². The number of hydrogen-bond donors (Lipinski definition) is 1. The predicted molar refractivity (Wildman–Crippen MR) is 101 cm³/mol. The number of carbonyl (C=O) groups excluding carboxylic acids is 1. The second kappa shape index (κ2) is 9.16. The van der Waals surface area contributed by atoms with E-state index in [4.69, 9.17) is 15.2 Å². The van der Waals surface area contributed by atoms with Crippen molar-refractivity contribution < 1.29 is 14.3 Å². The Hall–Kier alpha value is -2.65. The quantitative estimate of drug-likeness (QED) is 0.612. The first-order valence-corrected chi connectivity index (χ1v) is 8.64. The summed E-state index contributed by atoms with van der Waals surface area (Å²) in [6.45, 7) is 2.22. The molecule has 1 amide bonds. The zero-order chi connectivity index (χ0) is 18.2. The number of para-hydroxylation sites is 1. The number of fused-ring (bicyclic) bond motifs is 2. The van der Waals surface area contributed by atoms with Crippen LogP contribution in [0.25, 0.3) is 0 Å². The molecular weight excluding hydrogens is 328 g/mol. The minimum atomic E-state index is -0.102. The van der Waals surface area contributed by atoms with Gasteiger partial charge in [-0.05, 0) is 23.8 Å². The molecule has 0 unspecified atom stereocenters. The van der Waals surface area contributed by atoms with Gasteiger partial charge in [0.15, 0.2) is 0 Å². The lowest BCUT2D eigenvalue weighted by Gasteiger charge is -2.26. The first-order chi connectivity index (χ1) is 12.8. The Bertz CT molecular complexity index is 823. The number of anilines is 1. The van der Waals surface area contributed by atoms with E-state index in [2.05, 4.69) is 11.8 Å². The molecule has 26 heavy (non-hydrogen) atoms. The van der Waals surface area contributed by atoms with Crippen molar-refractivity contribution in [2.45, 2.75) is 6.54 Å². The van der Waals surface area contributed by atoms with E-state index in [0.717, 1.165) is 22.4 Å². The van der Waals surface area contributed by atoms with Crippen molar-refractivity contribution in [1.82, 2.24) is 0 Å². The van der Waals surface area contributed by atoms with Crippen LogP contribution in [0, 0.1) is 11.8 Å². The Morgan fingerprint density at radius 2 is 1.65 bits per heavy atom. The summed E-state index contributed by atoms with van der Waals surface area (Å²) in [6, 6.07) is 15.6. The van der Waals surface area contributed by atoms with Crippen LogP contribution in [-0.2, 0) is 20.8 Å². The van der Waals surface area contributed by atoms with Gasteiger partial charge in [-0.25, -0.2) is 0 Å². The normalized spacial score (nSPS) is 12.3. The molecule has 134 valence electrons. The van der Waals surface area contributed by atoms with E-state index in [0.29, 0.717) is 32.9 Å². The average molecular weight is 350 g/mol. The van der Waals surface area contributed by atoms with Crippen LogP contribution in [-0.4, -0.2) is 38.9 Å².